The van der Waals surface area contributed by atoms with Gasteiger partial charge in [0.15, 0.2) is 0 Å². The van der Waals surface area contributed by atoms with Crippen LogP contribution in [0.25, 0.3) is 0 Å². The maximum absolute atomic E-state index is 13.0. The molecule has 8 atom stereocenters. The molecule has 45 heteroatoms. The average molecular weight is 1540 g/mol. The Balaban J connectivity index is 0.000000165. The summed E-state index contributed by atoms with van der Waals surface area (Å²) in [5.41, 5.74) is -5.80. The first-order valence-corrected chi connectivity index (χ1v) is 34.9. The van der Waals surface area contributed by atoms with Crippen molar-refractivity contribution >= 4 is 107 Å². The second-order valence-electron chi connectivity index (χ2n) is 25.6. The van der Waals surface area contributed by atoms with Crippen LogP contribution in [0.4, 0.5) is 14.4 Å². The first-order chi connectivity index (χ1) is 50.9. The molecule has 12 heterocycles. The number of hydrogen-bond donors (Lipinski definition) is 0. The number of carbonyl (C=O) groups is 16. The van der Waals surface area contributed by atoms with Crippen molar-refractivity contribution < 1.29 is 153 Å². The molecule has 0 saturated carbocycles. The SMILES string of the molecule is CC1(C)C(=O)N(CC(=O)OCC2CO2)C(=O)N1CC(=O)OCC1CO1.CCC1(CC)C(=O)N(CC(=O)OCC2CO2)C(=O)N(CC(=O)OCC2CO2)C1=O.CSCn1c(=O)n(CC(=O)OCC2CO2)c(=O)n(CC(=O)OCC2CO2)c1=O.O=C(CN1C(=O)CC(=O)N(CC(=O)OCC2CO2)C1=O)OCC1CO1. The Morgan fingerprint density at radius 3 is 0.841 bits per heavy atom. The average Bonchev–Trinajstić information content (AvgIpc) is 1.63. The molecule has 44 nitrogen and oxygen atoms in total. The minimum absolute atomic E-state index is 0.0157. The molecule has 0 aromatic carbocycles. The van der Waals surface area contributed by atoms with E-state index in [1.807, 2.05) is 0 Å². The Kier molecular flexibility index (Phi) is 27.6. The number of epoxide rings is 8. The molecule has 11 fully saturated rings. The van der Waals surface area contributed by atoms with E-state index in [-0.39, 0.29) is 127 Å². The number of imide groups is 5. The highest BCUT2D eigenvalue weighted by atomic mass is 32.2. The Hall–Kier alpha value is -9.64. The van der Waals surface area contributed by atoms with E-state index in [0.29, 0.717) is 81.6 Å². The van der Waals surface area contributed by atoms with Gasteiger partial charge < -0.3 is 75.8 Å². The van der Waals surface area contributed by atoms with E-state index in [4.69, 9.17) is 75.8 Å². The molecule has 107 heavy (non-hydrogen) atoms. The Morgan fingerprint density at radius 2 is 0.579 bits per heavy atom. The minimum atomic E-state index is -1.53. The fraction of sp³-hybridized carbons (Fsp3) is 0.694. The van der Waals surface area contributed by atoms with Crippen molar-refractivity contribution in [1.29, 1.82) is 0 Å². The predicted molar refractivity (Wildman–Crippen MR) is 341 cm³/mol. The lowest BCUT2D eigenvalue weighted by atomic mass is 9.78. The number of rotatable bonds is 36. The number of esters is 8. The number of urea groups is 3. The van der Waals surface area contributed by atoms with Crippen LogP contribution in [0, 0.1) is 5.41 Å². The first kappa shape index (κ1) is 81.4. The van der Waals surface area contributed by atoms with Gasteiger partial charge in [0, 0.05) is 0 Å². The fourth-order valence-electron chi connectivity index (χ4n) is 9.77. The van der Waals surface area contributed by atoms with Gasteiger partial charge in [-0.15, -0.1) is 11.8 Å². The lowest BCUT2D eigenvalue weighted by molar-refractivity contribution is -0.166. The molecule has 0 radical (unpaired) electrons. The van der Waals surface area contributed by atoms with Crippen molar-refractivity contribution in [2.45, 2.75) is 120 Å². The molecule has 1 aromatic heterocycles. The Bertz CT molecular complexity index is 3630. The highest BCUT2D eigenvalue weighted by molar-refractivity contribution is 7.97. The summed E-state index contributed by atoms with van der Waals surface area (Å²) >= 11 is 1.16. The van der Waals surface area contributed by atoms with Crippen LogP contribution in [-0.2, 0) is 157 Å². The van der Waals surface area contributed by atoms with E-state index in [2.05, 4.69) is 0 Å². The number of nitrogens with zero attached hydrogens (tertiary/aromatic N) is 9. The van der Waals surface area contributed by atoms with Gasteiger partial charge in [-0.05, 0) is 32.9 Å². The third-order valence-corrected chi connectivity index (χ3v) is 17.4. The van der Waals surface area contributed by atoms with Crippen LogP contribution in [0.2, 0.25) is 0 Å². The highest BCUT2D eigenvalue weighted by Crippen LogP contribution is 2.36. The van der Waals surface area contributed by atoms with Crippen LogP contribution in [-0.4, -0.2) is 344 Å². The van der Waals surface area contributed by atoms with Gasteiger partial charge in [-0.3, -0.25) is 91.7 Å². The molecule has 11 saturated heterocycles. The Labute approximate surface area is 609 Å². The second-order valence-corrected chi connectivity index (χ2v) is 26.4. The molecule has 588 valence electrons. The molecule has 8 unspecified atom stereocenters. The van der Waals surface area contributed by atoms with E-state index >= 15 is 0 Å². The number of amides is 11. The molecule has 0 spiro atoms. The van der Waals surface area contributed by atoms with Gasteiger partial charge in [0.25, 0.3) is 5.91 Å². The number of aromatic nitrogens is 3. The van der Waals surface area contributed by atoms with Crippen molar-refractivity contribution in [1.82, 2.24) is 43.1 Å². The smallest absolute Gasteiger partial charge is 0.337 e. The third-order valence-electron chi connectivity index (χ3n) is 16.9. The number of thioether (sulfide) groups is 1. The van der Waals surface area contributed by atoms with E-state index in [0.717, 1.165) is 26.1 Å². The lowest BCUT2D eigenvalue weighted by Gasteiger charge is -2.42. The molecule has 11 aliphatic rings. The zero-order chi connectivity index (χ0) is 77.6. The molecule has 0 aliphatic carbocycles. The van der Waals surface area contributed by atoms with Crippen molar-refractivity contribution in [2.24, 2.45) is 5.41 Å². The first-order valence-electron chi connectivity index (χ1n) is 33.5. The van der Waals surface area contributed by atoms with Gasteiger partial charge >= 0.3 is 82.9 Å². The van der Waals surface area contributed by atoms with Crippen molar-refractivity contribution in [3.63, 3.8) is 0 Å². The zero-order valence-electron chi connectivity index (χ0n) is 58.6. The molecular formula is C62H79N9O35S. The summed E-state index contributed by atoms with van der Waals surface area (Å²) in [5, 5.41) is 0. The molecule has 11 amide bonds. The van der Waals surface area contributed by atoms with Crippen LogP contribution in [0.3, 0.4) is 0 Å². The summed E-state index contributed by atoms with van der Waals surface area (Å²) < 4.78 is 80.7. The van der Waals surface area contributed by atoms with Crippen LogP contribution >= 0.6 is 11.8 Å². The van der Waals surface area contributed by atoms with E-state index in [9.17, 15) is 91.1 Å². The van der Waals surface area contributed by atoms with E-state index < -0.39 is 176 Å². The quantitative estimate of drug-likeness (QED) is 0.0198. The van der Waals surface area contributed by atoms with E-state index in [1.165, 1.54) is 13.8 Å². The number of hydrogen-bond acceptors (Lipinski definition) is 36. The number of ether oxygens (including phenoxy) is 16. The Morgan fingerprint density at radius 1 is 0.346 bits per heavy atom. The molecule has 1 aromatic rings. The summed E-state index contributed by atoms with van der Waals surface area (Å²) in [6, 6.07) is -2.83. The van der Waals surface area contributed by atoms with Gasteiger partial charge in [0.05, 0.1) is 58.7 Å². The topological polar surface area (TPSA) is 533 Å². The zero-order valence-corrected chi connectivity index (χ0v) is 59.5. The van der Waals surface area contributed by atoms with Crippen LogP contribution in [0.5, 0.6) is 0 Å². The van der Waals surface area contributed by atoms with Gasteiger partial charge in [0.1, 0.15) is 171 Å². The fourth-order valence-corrected chi connectivity index (χ4v) is 10.2. The summed E-state index contributed by atoms with van der Waals surface area (Å²) in [6.07, 6.45) is 0.0706. The lowest BCUT2D eigenvalue weighted by Crippen LogP contribution is -2.66. The van der Waals surface area contributed by atoms with Gasteiger partial charge in [0.2, 0.25) is 23.6 Å². The highest BCUT2D eigenvalue weighted by Gasteiger charge is 2.57. The molecule has 0 bridgehead atoms. The predicted octanol–water partition coefficient (Wildman–Crippen LogP) is -6.19. The number of barbiturate groups is 2. The van der Waals surface area contributed by atoms with Gasteiger partial charge in [-0.2, -0.15) is 0 Å². The summed E-state index contributed by atoms with van der Waals surface area (Å²) in [6.45, 7) is 5.79. The largest absolute Gasteiger partial charge is 0.462 e. The normalized spacial score (nSPS) is 24.1. The van der Waals surface area contributed by atoms with Crippen molar-refractivity contribution in [2.75, 3.05) is 151 Å². The monoisotopic (exact) mass is 1540 g/mol. The maximum atomic E-state index is 13.0. The molecule has 11 aliphatic heterocycles. The second kappa shape index (κ2) is 36.3. The summed E-state index contributed by atoms with van der Waals surface area (Å²) in [7, 11) is 0. The minimum Gasteiger partial charge on any atom is -0.462 e. The van der Waals surface area contributed by atoms with Crippen molar-refractivity contribution in [3.05, 3.63) is 31.5 Å². The standard InChI is InChI=1S/C18H24N2O9.C15H19N3O9S.C15H20N2O8.C14H16N2O9/c1-3-18(4-2)15(23)19(5-13(21)28-9-11-7-26-11)17(25)20(16(18)24)6-14(22)29-10-12-8-27-12;1-28-8-18-14(22)16(2-11(19)26-6-9-4-24-9)13(21)17(15(18)23)3-12(20)27-7-10-5-25-10;1-15(2)13(20)16(3-11(18)24-7-9-5-22-9)14(21)17(15)4-12(19)25-8-10-6-23-10;17-10-1-11(18)16(3-13(20)25-7-9-5-23-9)14(21)15(10)2-12(19)24-6-8-4-22-8/h11-12H,3-10H2,1-2H3;9-10H,2-8H2,1H3;9-10H,3-8H2,1-2H3;8-9H,1-7H2. The van der Waals surface area contributed by atoms with Crippen LogP contribution in [0.1, 0.15) is 47.0 Å². The van der Waals surface area contributed by atoms with Gasteiger partial charge in [-0.25, -0.2) is 42.5 Å². The van der Waals surface area contributed by atoms with Crippen LogP contribution < -0.4 is 17.1 Å². The summed E-state index contributed by atoms with van der Waals surface area (Å²) in [4.78, 5) is 237. The van der Waals surface area contributed by atoms with Crippen molar-refractivity contribution in [3.8, 4) is 0 Å². The maximum Gasteiger partial charge on any atom is 0.337 e. The van der Waals surface area contributed by atoms with Crippen LogP contribution in [0.15, 0.2) is 14.4 Å². The number of carbonyl (C=O) groups excluding carboxylic acids is 16. The summed E-state index contributed by atoms with van der Waals surface area (Å²) in [5.74, 6) is -10.0. The molecule has 12 rings (SSSR count). The van der Waals surface area contributed by atoms with Gasteiger partial charge in [-0.1, -0.05) is 13.8 Å². The van der Waals surface area contributed by atoms with E-state index in [1.54, 1.807) is 20.1 Å². The molecular weight excluding hydrogens is 1460 g/mol. The third kappa shape index (κ3) is 23.4. The molecule has 0 N–H and O–H groups in total.